The molecule has 1 aliphatic rings. The lowest BCUT2D eigenvalue weighted by Crippen LogP contribution is -2.37. The number of aliphatic hydroxyl groups is 3. The van der Waals surface area contributed by atoms with Crippen molar-refractivity contribution in [3.05, 3.63) is 101 Å². The molecule has 0 bridgehead atoms. The molecular formula is C32H38BNO7. The quantitative estimate of drug-likeness (QED) is 0.284. The van der Waals surface area contributed by atoms with Gasteiger partial charge in [-0.1, -0.05) is 30.3 Å². The number of rotatable bonds is 9. The van der Waals surface area contributed by atoms with Crippen molar-refractivity contribution in [1.29, 1.82) is 0 Å². The Kier molecular flexibility index (Phi) is 9.08. The van der Waals surface area contributed by atoms with E-state index in [4.69, 9.17) is 18.8 Å². The molecule has 1 heterocycles. The third kappa shape index (κ3) is 7.92. The average molecular weight is 559 g/mol. The van der Waals surface area contributed by atoms with Gasteiger partial charge in [0, 0.05) is 18.9 Å². The van der Waals surface area contributed by atoms with E-state index in [0.717, 1.165) is 33.6 Å². The van der Waals surface area contributed by atoms with Crippen molar-refractivity contribution in [2.75, 3.05) is 13.7 Å². The number of aryl methyl sites for hydroxylation is 1. The highest BCUT2D eigenvalue weighted by atomic mass is 16.7. The molecule has 3 aromatic carbocycles. The maximum Gasteiger partial charge on any atom is 0.636 e. The zero-order valence-corrected chi connectivity index (χ0v) is 24.5. The second-order valence-corrected chi connectivity index (χ2v) is 11.0. The van der Waals surface area contributed by atoms with Gasteiger partial charge in [0.1, 0.15) is 18.1 Å². The normalized spacial score (nSPS) is 15.1. The van der Waals surface area contributed by atoms with Crippen LogP contribution in [0.4, 0.5) is 0 Å². The first-order valence-corrected chi connectivity index (χ1v) is 13.5. The fraction of sp³-hybridized carbons (Fsp3) is 0.312. The van der Waals surface area contributed by atoms with Crippen LogP contribution in [0.5, 0.6) is 11.5 Å². The lowest BCUT2D eigenvalue weighted by Gasteiger charge is -2.21. The topological polar surface area (TPSA) is 101 Å². The van der Waals surface area contributed by atoms with E-state index in [9.17, 15) is 15.3 Å². The van der Waals surface area contributed by atoms with Crippen molar-refractivity contribution in [2.24, 2.45) is 0 Å². The Morgan fingerprint density at radius 3 is 2.17 bits per heavy atom. The molecule has 9 heteroatoms. The number of aliphatic hydroxyl groups excluding tert-OH is 2. The molecule has 0 atom stereocenters. The number of hydrogen-bond acceptors (Lipinski definition) is 8. The smallest absolute Gasteiger partial charge is 0.494 e. The summed E-state index contributed by atoms with van der Waals surface area (Å²) >= 11 is 0. The Morgan fingerprint density at radius 1 is 0.878 bits per heavy atom. The second-order valence-electron chi connectivity index (χ2n) is 11.0. The van der Waals surface area contributed by atoms with Gasteiger partial charge >= 0.3 is 7.12 Å². The molecule has 1 aliphatic heterocycles. The van der Waals surface area contributed by atoms with E-state index in [1.165, 1.54) is 22.9 Å². The van der Waals surface area contributed by atoms with Crippen LogP contribution in [0.3, 0.4) is 0 Å². The summed E-state index contributed by atoms with van der Waals surface area (Å²) in [5, 5.41) is 29.9. The lowest BCUT2D eigenvalue weighted by atomic mass is 9.79. The van der Waals surface area contributed by atoms with Gasteiger partial charge in [0.15, 0.2) is 0 Å². The highest BCUT2D eigenvalue weighted by molar-refractivity contribution is 6.61. The van der Waals surface area contributed by atoms with Gasteiger partial charge in [0.2, 0.25) is 0 Å². The lowest BCUT2D eigenvalue weighted by molar-refractivity contribution is 0.0552. The first kappa shape index (κ1) is 29.7. The second kappa shape index (κ2) is 12.5. The van der Waals surface area contributed by atoms with Crippen LogP contribution < -0.4 is 14.9 Å². The van der Waals surface area contributed by atoms with Crippen LogP contribution >= 0.6 is 0 Å². The Labute approximate surface area is 242 Å². The van der Waals surface area contributed by atoms with Crippen LogP contribution in [0.15, 0.2) is 78.9 Å². The van der Waals surface area contributed by atoms with Gasteiger partial charge in [-0.15, -0.1) is 0 Å². The standard InChI is InChI=1S/C32H38BNO7/c1-21-16-28(38-15-14-32(4,5)37)22(2)23(3)31(21)25-9-7-8-24(17-25)20-39-27-12-10-26(11-13-27)33-40-29(35)18-34(6)19-30(36)41-33/h7-13,16-19,35-37H,14-15,20H2,1-6H3/b29-18-,30-19?. The van der Waals surface area contributed by atoms with E-state index in [1.807, 2.05) is 12.1 Å². The average Bonchev–Trinajstić information content (AvgIpc) is 2.89. The first-order chi connectivity index (χ1) is 19.4. The van der Waals surface area contributed by atoms with Crippen LogP contribution in [-0.2, 0) is 15.9 Å². The molecule has 0 saturated heterocycles. The van der Waals surface area contributed by atoms with E-state index in [0.29, 0.717) is 30.8 Å². The van der Waals surface area contributed by atoms with Crippen molar-refractivity contribution >= 4 is 12.6 Å². The maximum absolute atomic E-state index is 10.00. The van der Waals surface area contributed by atoms with Gasteiger partial charge in [0.25, 0.3) is 11.9 Å². The molecule has 0 aromatic heterocycles. The molecule has 41 heavy (non-hydrogen) atoms. The van der Waals surface area contributed by atoms with Crippen LogP contribution in [0.2, 0.25) is 0 Å². The van der Waals surface area contributed by atoms with Crippen molar-refractivity contribution in [3.8, 4) is 22.6 Å². The summed E-state index contributed by atoms with van der Waals surface area (Å²) in [4.78, 5) is 1.42. The molecule has 0 amide bonds. The predicted octanol–water partition coefficient (Wildman–Crippen LogP) is 5.79. The minimum atomic E-state index is -1.02. The number of benzene rings is 3. The molecule has 0 radical (unpaired) electrons. The van der Waals surface area contributed by atoms with Gasteiger partial charge in [-0.3, -0.25) is 0 Å². The zero-order valence-electron chi connectivity index (χ0n) is 24.5. The Bertz CT molecular complexity index is 1410. The van der Waals surface area contributed by atoms with Gasteiger partial charge in [-0.2, -0.15) is 0 Å². The van der Waals surface area contributed by atoms with E-state index < -0.39 is 12.7 Å². The molecule has 0 fully saturated rings. The molecule has 0 spiro atoms. The monoisotopic (exact) mass is 559 g/mol. The summed E-state index contributed by atoms with van der Waals surface area (Å²) in [6.07, 6.45) is 3.20. The Morgan fingerprint density at radius 2 is 1.54 bits per heavy atom. The van der Waals surface area contributed by atoms with E-state index in [2.05, 4.69) is 39.0 Å². The number of nitrogens with zero attached hydrogens (tertiary/aromatic N) is 1. The summed E-state index contributed by atoms with van der Waals surface area (Å²) < 4.78 is 22.9. The van der Waals surface area contributed by atoms with Crippen LogP contribution in [0.1, 0.15) is 42.5 Å². The third-order valence-corrected chi connectivity index (χ3v) is 6.88. The van der Waals surface area contributed by atoms with Gasteiger partial charge in [-0.25, -0.2) is 0 Å². The Hall–Kier alpha value is -4.24. The summed E-state index contributed by atoms with van der Waals surface area (Å²) in [6, 6.07) is 17.4. The van der Waals surface area contributed by atoms with Gasteiger partial charge in [0.05, 0.1) is 24.6 Å². The van der Waals surface area contributed by atoms with Crippen molar-refractivity contribution in [3.63, 3.8) is 0 Å². The molecule has 8 nitrogen and oxygen atoms in total. The summed E-state index contributed by atoms with van der Waals surface area (Å²) in [5.41, 5.74) is 6.49. The molecule has 0 saturated carbocycles. The van der Waals surface area contributed by atoms with E-state index >= 15 is 0 Å². The van der Waals surface area contributed by atoms with Crippen LogP contribution in [-0.4, -0.2) is 46.6 Å². The molecule has 3 N–H and O–H groups in total. The highest BCUT2D eigenvalue weighted by Crippen LogP contribution is 2.35. The predicted molar refractivity (Wildman–Crippen MR) is 160 cm³/mol. The third-order valence-electron chi connectivity index (χ3n) is 6.88. The summed E-state index contributed by atoms with van der Waals surface area (Å²) in [6.45, 7) is 10.7. The highest BCUT2D eigenvalue weighted by Gasteiger charge is 2.29. The fourth-order valence-corrected chi connectivity index (χ4v) is 4.58. The molecule has 4 rings (SSSR count). The number of hydrogen-bond donors (Lipinski definition) is 3. The summed E-state index contributed by atoms with van der Waals surface area (Å²) in [5.74, 6) is 0.820. The Balaban J connectivity index is 1.44. The SMILES string of the molecule is Cc1cc(OCCC(C)(C)O)c(C)c(C)c1-c1cccc(COc2ccc(B3OC(O)=CN(C)/C=C(/O)O3)cc2)c1. The number of ether oxygens (including phenoxy) is 2. The van der Waals surface area contributed by atoms with E-state index in [-0.39, 0.29) is 11.9 Å². The van der Waals surface area contributed by atoms with Crippen molar-refractivity contribution in [1.82, 2.24) is 4.90 Å². The van der Waals surface area contributed by atoms with Crippen LogP contribution in [0.25, 0.3) is 11.1 Å². The fourth-order valence-electron chi connectivity index (χ4n) is 4.58. The van der Waals surface area contributed by atoms with E-state index in [1.54, 1.807) is 45.2 Å². The first-order valence-electron chi connectivity index (χ1n) is 13.5. The molecule has 0 aliphatic carbocycles. The molecule has 216 valence electrons. The van der Waals surface area contributed by atoms with Gasteiger partial charge < -0.3 is 39.0 Å². The minimum Gasteiger partial charge on any atom is -0.494 e. The summed E-state index contributed by atoms with van der Waals surface area (Å²) in [7, 11) is 0.605. The molecule has 0 unspecified atom stereocenters. The van der Waals surface area contributed by atoms with Crippen molar-refractivity contribution in [2.45, 2.75) is 53.2 Å². The minimum absolute atomic E-state index is 0.338. The maximum atomic E-state index is 10.00. The zero-order chi connectivity index (χ0) is 29.7. The molecule has 3 aromatic rings. The molecular weight excluding hydrogens is 521 g/mol. The largest absolute Gasteiger partial charge is 0.636 e. The van der Waals surface area contributed by atoms with Crippen LogP contribution in [0, 0.1) is 20.8 Å². The van der Waals surface area contributed by atoms with Crippen molar-refractivity contribution < 1.29 is 34.1 Å². The van der Waals surface area contributed by atoms with Gasteiger partial charge in [-0.05, 0) is 92.3 Å².